The molecule has 3 aliphatic rings. The van der Waals surface area contributed by atoms with E-state index in [0.29, 0.717) is 12.8 Å². The van der Waals surface area contributed by atoms with Crippen LogP contribution in [0.25, 0.3) is 10.2 Å². The lowest BCUT2D eigenvalue weighted by molar-refractivity contribution is -0.686. The van der Waals surface area contributed by atoms with Crippen LogP contribution in [0.1, 0.15) is 70.9 Å². The molecule has 6 nitrogen and oxygen atoms in total. The molecule has 0 unspecified atom stereocenters. The normalized spacial score (nSPS) is 35.1. The Morgan fingerprint density at radius 3 is 2.70 bits per heavy atom. The van der Waals surface area contributed by atoms with Gasteiger partial charge in [-0.2, -0.15) is 4.57 Å². The molecule has 6 rings (SSSR count). The Morgan fingerprint density at radius 2 is 1.98 bits per heavy atom. The number of aliphatic hydroxyl groups is 1. The molecule has 44 heavy (non-hydrogen) atoms. The summed E-state index contributed by atoms with van der Waals surface area (Å²) in [6.45, 7) is 15.5. The second-order valence-electron chi connectivity index (χ2n) is 14.2. The van der Waals surface area contributed by atoms with Crippen molar-refractivity contribution in [3.05, 3.63) is 66.5 Å². The fraction of sp³-hybridized carbons (Fsp3) is 0.556. The number of benzene rings is 1. The summed E-state index contributed by atoms with van der Waals surface area (Å²) in [5.74, 6) is 0.0377. The van der Waals surface area contributed by atoms with Crippen molar-refractivity contribution in [2.24, 2.45) is 34.0 Å². The largest absolute Gasteiger partial charge is 0.461 e. The van der Waals surface area contributed by atoms with E-state index in [1.807, 2.05) is 25.3 Å². The number of nitrogens with zero attached hydrogens (tertiary/aromatic N) is 2. The number of aryl methyl sites for hydroxylation is 1. The Hall–Kier alpha value is -2.55. The third-order valence-electron chi connectivity index (χ3n) is 11.7. The third-order valence-corrected chi connectivity index (χ3v) is 13.9. The third kappa shape index (κ3) is 5.25. The highest BCUT2D eigenvalue weighted by molar-refractivity contribution is 8.01. The van der Waals surface area contributed by atoms with Crippen molar-refractivity contribution >= 4 is 45.1 Å². The van der Waals surface area contributed by atoms with Crippen LogP contribution in [0, 0.1) is 40.9 Å². The van der Waals surface area contributed by atoms with Gasteiger partial charge in [-0.05, 0) is 49.9 Å². The molecule has 2 heterocycles. The first-order chi connectivity index (χ1) is 20.9. The summed E-state index contributed by atoms with van der Waals surface area (Å²) >= 11 is 2.98. The van der Waals surface area contributed by atoms with Gasteiger partial charge in [-0.3, -0.25) is 9.59 Å². The summed E-state index contributed by atoms with van der Waals surface area (Å²) in [5, 5.41) is 11.7. The molecule has 3 aromatic rings. The predicted molar refractivity (Wildman–Crippen MR) is 175 cm³/mol. The van der Waals surface area contributed by atoms with Crippen LogP contribution >= 0.6 is 23.1 Å². The quantitative estimate of drug-likeness (QED) is 0.131. The van der Waals surface area contributed by atoms with Gasteiger partial charge in [0, 0.05) is 34.8 Å². The summed E-state index contributed by atoms with van der Waals surface area (Å²) in [4.78, 5) is 32.0. The molecule has 0 amide bonds. The number of hydrogen-bond donors (Lipinski definition) is 1. The second-order valence-corrected chi connectivity index (χ2v) is 16.4. The van der Waals surface area contributed by atoms with E-state index >= 15 is 0 Å². The van der Waals surface area contributed by atoms with Crippen molar-refractivity contribution in [3.63, 3.8) is 0 Å². The first-order valence-corrected chi connectivity index (χ1v) is 17.7. The van der Waals surface area contributed by atoms with Crippen LogP contribution in [-0.4, -0.2) is 39.8 Å². The lowest BCUT2D eigenvalue weighted by Gasteiger charge is -2.61. The number of ether oxygens (including phenoxy) is 1. The highest BCUT2D eigenvalue weighted by atomic mass is 32.2. The Morgan fingerprint density at radius 1 is 1.23 bits per heavy atom. The lowest BCUT2D eigenvalue weighted by Crippen LogP contribution is -2.63. The van der Waals surface area contributed by atoms with Gasteiger partial charge in [0.2, 0.25) is 0 Å². The van der Waals surface area contributed by atoms with Gasteiger partial charge in [0.1, 0.15) is 16.6 Å². The number of esters is 1. The topological polar surface area (TPSA) is 80.4 Å². The minimum Gasteiger partial charge on any atom is -0.461 e. The molecule has 3 saturated carbocycles. The maximum Gasteiger partial charge on any atom is 0.316 e. The number of aromatic nitrogens is 2. The number of Topliss-reactive ketones (excluding diaryl/α,β-unsaturated/α-hetero) is 1. The number of thioether (sulfide) groups is 1. The maximum absolute atomic E-state index is 13.6. The summed E-state index contributed by atoms with van der Waals surface area (Å²) in [6.07, 6.45) is 8.48. The number of rotatable bonds is 7. The molecule has 8 atom stereocenters. The van der Waals surface area contributed by atoms with Gasteiger partial charge in [-0.25, -0.2) is 4.98 Å². The maximum atomic E-state index is 13.6. The summed E-state index contributed by atoms with van der Waals surface area (Å²) in [7, 11) is 0. The zero-order valence-electron chi connectivity index (χ0n) is 26.5. The number of thiazole rings is 1. The highest BCUT2D eigenvalue weighted by Gasteiger charge is 2.68. The van der Waals surface area contributed by atoms with Gasteiger partial charge in [0.25, 0.3) is 0 Å². The fourth-order valence-corrected chi connectivity index (χ4v) is 10.7. The standard InChI is InChI=1S/C36H45N2O4S2/c1-7-34(5)18-29(35(6)23(3)12-15-36(24(4)32(34)41)16-13-27(39)31(35)36)42-30(40)21-43-33-37-26-14-17-38(20-28(26)44-33)19-25-10-8-22(2)9-11-25/h7-11,14,17,20,23-24,29,31-32,41H,1,12-13,15-16,18-19,21H2,2-6H3/q+1/t23-,24+,29-,31+,32+,34-,35+,36+/m1/s1. The lowest BCUT2D eigenvalue weighted by atomic mass is 9.44. The van der Waals surface area contributed by atoms with E-state index < -0.39 is 23.0 Å². The van der Waals surface area contributed by atoms with Crippen LogP contribution in [0.5, 0.6) is 0 Å². The monoisotopic (exact) mass is 633 g/mol. The number of carbonyl (C=O) groups excluding carboxylic acids is 2. The minimum atomic E-state index is -0.668. The smallest absolute Gasteiger partial charge is 0.316 e. The molecule has 1 N–H and O–H groups in total. The Kier molecular flexibility index (Phi) is 8.34. The second kappa shape index (κ2) is 11.7. The molecule has 3 fully saturated rings. The number of carbonyl (C=O) groups is 2. The van der Waals surface area contributed by atoms with Crippen LogP contribution < -0.4 is 4.57 Å². The average molecular weight is 634 g/mol. The van der Waals surface area contributed by atoms with Gasteiger partial charge in [-0.15, -0.1) is 17.9 Å². The molecule has 234 valence electrons. The number of fused-ring (bicyclic) bond motifs is 1. The molecule has 0 saturated heterocycles. The number of aliphatic hydroxyl groups excluding tert-OH is 1. The van der Waals surface area contributed by atoms with Crippen molar-refractivity contribution < 1.29 is 24.0 Å². The van der Waals surface area contributed by atoms with E-state index in [2.05, 4.69) is 69.3 Å². The molecule has 2 aromatic heterocycles. The first-order valence-electron chi connectivity index (χ1n) is 15.9. The van der Waals surface area contributed by atoms with E-state index in [4.69, 9.17) is 9.72 Å². The SMILES string of the molecule is C=C[C@]1(C)C[C@@H](OC(=O)CSc2nc3cc[n+](Cc4ccc(C)cc4)cc3s2)[C@]2(C)[C@H](C)CC[C@]3(CCC(=O)[C@H]32)[C@@H](C)[C@@H]1O. The Labute approximate surface area is 269 Å². The van der Waals surface area contributed by atoms with Crippen LogP contribution in [0.15, 0.2) is 59.7 Å². The van der Waals surface area contributed by atoms with E-state index in [0.717, 1.165) is 40.4 Å². The van der Waals surface area contributed by atoms with Crippen molar-refractivity contribution in [3.8, 4) is 0 Å². The van der Waals surface area contributed by atoms with Crippen LogP contribution in [0.2, 0.25) is 0 Å². The van der Waals surface area contributed by atoms with Gasteiger partial charge in [0.05, 0.1) is 17.4 Å². The molecular weight excluding hydrogens is 589 g/mol. The molecular formula is C36H45N2O4S2+. The zero-order chi connectivity index (χ0) is 31.4. The summed E-state index contributed by atoms with van der Waals surface area (Å²) in [6, 6.07) is 10.6. The zero-order valence-corrected chi connectivity index (χ0v) is 28.2. The van der Waals surface area contributed by atoms with Crippen molar-refractivity contribution in [2.75, 3.05) is 5.75 Å². The summed E-state index contributed by atoms with van der Waals surface area (Å²) < 4.78 is 10.5. The van der Waals surface area contributed by atoms with Gasteiger partial charge in [-0.1, -0.05) is 75.4 Å². The molecule has 3 aliphatic carbocycles. The van der Waals surface area contributed by atoms with E-state index in [-0.39, 0.29) is 40.7 Å². The fourth-order valence-electron chi connectivity index (χ4n) is 8.77. The molecule has 0 radical (unpaired) electrons. The number of hydrogen-bond acceptors (Lipinski definition) is 7. The van der Waals surface area contributed by atoms with Gasteiger partial charge >= 0.3 is 5.97 Å². The molecule has 1 aromatic carbocycles. The van der Waals surface area contributed by atoms with Crippen LogP contribution in [-0.2, 0) is 20.9 Å². The van der Waals surface area contributed by atoms with Crippen molar-refractivity contribution in [2.45, 2.75) is 89.8 Å². The van der Waals surface area contributed by atoms with E-state index in [9.17, 15) is 14.7 Å². The first kappa shape index (κ1) is 31.4. The van der Waals surface area contributed by atoms with E-state index in [1.54, 1.807) is 11.3 Å². The van der Waals surface area contributed by atoms with E-state index in [1.165, 1.54) is 22.9 Å². The van der Waals surface area contributed by atoms with Gasteiger partial charge < -0.3 is 9.84 Å². The molecule has 2 bridgehead atoms. The molecule has 0 aliphatic heterocycles. The Bertz CT molecular complexity index is 1590. The number of ketones is 1. The molecule has 0 spiro atoms. The minimum absolute atomic E-state index is 0.0458. The van der Waals surface area contributed by atoms with Crippen molar-refractivity contribution in [1.29, 1.82) is 0 Å². The Balaban J connectivity index is 1.21. The summed E-state index contributed by atoms with van der Waals surface area (Å²) in [5.41, 5.74) is 1.97. The highest BCUT2D eigenvalue weighted by Crippen LogP contribution is 2.68. The van der Waals surface area contributed by atoms with Crippen molar-refractivity contribution in [1.82, 2.24) is 4.98 Å². The van der Waals surface area contributed by atoms with Gasteiger partial charge in [0.15, 0.2) is 23.3 Å². The average Bonchev–Trinajstić information content (AvgIpc) is 3.58. The van der Waals surface area contributed by atoms with Crippen LogP contribution in [0.3, 0.4) is 0 Å². The predicted octanol–water partition coefficient (Wildman–Crippen LogP) is 6.94. The molecule has 8 heteroatoms. The number of pyridine rings is 1. The van der Waals surface area contributed by atoms with Crippen LogP contribution in [0.4, 0.5) is 0 Å².